The normalized spacial score (nSPS) is 15.1. The van der Waals surface area contributed by atoms with Crippen molar-refractivity contribution in [2.75, 3.05) is 13.2 Å². The molecule has 0 aromatic heterocycles. The standard InChI is InChI=1S/C13H16ClNO4/c1-7-12(14)8(9(15)2-3-11(16)17)6-10-13(7)19-5-4-18-10/h6,9H,2-5,15H2,1H3,(H,16,17). The number of hydrogen-bond donors (Lipinski definition) is 2. The summed E-state index contributed by atoms with van der Waals surface area (Å²) < 4.78 is 11.0. The molecule has 1 aliphatic heterocycles. The van der Waals surface area contributed by atoms with Crippen molar-refractivity contribution in [2.24, 2.45) is 5.73 Å². The molecular formula is C13H16ClNO4. The SMILES string of the molecule is Cc1c(Cl)c(C(N)CCC(=O)O)cc2c1OCCO2. The van der Waals surface area contributed by atoms with E-state index in [0.29, 0.717) is 41.7 Å². The zero-order valence-electron chi connectivity index (χ0n) is 10.6. The molecule has 0 saturated heterocycles. The molecule has 1 unspecified atom stereocenters. The number of rotatable bonds is 4. The number of carboxylic acids is 1. The van der Waals surface area contributed by atoms with Crippen molar-refractivity contribution in [1.29, 1.82) is 0 Å². The zero-order valence-corrected chi connectivity index (χ0v) is 11.4. The first-order valence-corrected chi connectivity index (χ1v) is 6.44. The van der Waals surface area contributed by atoms with Gasteiger partial charge in [-0.2, -0.15) is 0 Å². The number of aliphatic carboxylic acids is 1. The minimum atomic E-state index is -0.874. The topological polar surface area (TPSA) is 81.8 Å². The fourth-order valence-electron chi connectivity index (χ4n) is 2.06. The second-order valence-corrected chi connectivity index (χ2v) is 4.85. The van der Waals surface area contributed by atoms with Gasteiger partial charge in [-0.15, -0.1) is 0 Å². The average Bonchev–Trinajstić information content (AvgIpc) is 2.40. The summed E-state index contributed by atoms with van der Waals surface area (Å²) in [6.45, 7) is 2.82. The van der Waals surface area contributed by atoms with Gasteiger partial charge in [0.1, 0.15) is 13.2 Å². The van der Waals surface area contributed by atoms with Gasteiger partial charge in [-0.3, -0.25) is 4.79 Å². The van der Waals surface area contributed by atoms with Crippen LogP contribution in [0.4, 0.5) is 0 Å². The van der Waals surface area contributed by atoms with Crippen LogP contribution in [-0.4, -0.2) is 24.3 Å². The zero-order chi connectivity index (χ0) is 14.0. The monoisotopic (exact) mass is 285 g/mol. The predicted molar refractivity (Wildman–Crippen MR) is 71.0 cm³/mol. The van der Waals surface area contributed by atoms with Crippen LogP contribution < -0.4 is 15.2 Å². The maximum Gasteiger partial charge on any atom is 0.303 e. The lowest BCUT2D eigenvalue weighted by Crippen LogP contribution is -2.18. The van der Waals surface area contributed by atoms with E-state index in [1.54, 1.807) is 6.07 Å². The summed E-state index contributed by atoms with van der Waals surface area (Å²) >= 11 is 6.28. The molecule has 104 valence electrons. The van der Waals surface area contributed by atoms with E-state index < -0.39 is 12.0 Å². The molecule has 0 radical (unpaired) electrons. The van der Waals surface area contributed by atoms with E-state index in [2.05, 4.69) is 0 Å². The van der Waals surface area contributed by atoms with Crippen molar-refractivity contribution < 1.29 is 19.4 Å². The molecule has 0 saturated carbocycles. The van der Waals surface area contributed by atoms with Gasteiger partial charge in [-0.05, 0) is 25.0 Å². The van der Waals surface area contributed by atoms with Crippen molar-refractivity contribution in [1.82, 2.24) is 0 Å². The van der Waals surface area contributed by atoms with Gasteiger partial charge in [0.25, 0.3) is 0 Å². The van der Waals surface area contributed by atoms with Gasteiger partial charge in [0.15, 0.2) is 11.5 Å². The van der Waals surface area contributed by atoms with Crippen molar-refractivity contribution in [3.8, 4) is 11.5 Å². The van der Waals surface area contributed by atoms with E-state index >= 15 is 0 Å². The van der Waals surface area contributed by atoms with Crippen molar-refractivity contribution in [3.05, 3.63) is 22.2 Å². The summed E-state index contributed by atoms with van der Waals surface area (Å²) in [4.78, 5) is 10.6. The molecule has 1 heterocycles. The highest BCUT2D eigenvalue weighted by molar-refractivity contribution is 6.32. The number of fused-ring (bicyclic) bond motifs is 1. The first-order valence-electron chi connectivity index (χ1n) is 6.06. The molecule has 1 aromatic carbocycles. The number of carboxylic acid groups (broad SMARTS) is 1. The summed E-state index contributed by atoms with van der Waals surface area (Å²) in [7, 11) is 0. The predicted octanol–water partition coefficient (Wildman–Crippen LogP) is 2.28. The number of halogens is 1. The second-order valence-electron chi connectivity index (χ2n) is 4.47. The molecule has 2 rings (SSSR count). The summed E-state index contributed by atoms with van der Waals surface area (Å²) in [5.41, 5.74) is 7.48. The molecule has 6 heteroatoms. The molecule has 3 N–H and O–H groups in total. The van der Waals surface area contributed by atoms with Crippen LogP contribution >= 0.6 is 11.6 Å². The lowest BCUT2D eigenvalue weighted by Gasteiger charge is -2.24. The maximum atomic E-state index is 10.6. The molecule has 1 aliphatic rings. The van der Waals surface area contributed by atoms with Crippen LogP contribution in [0.2, 0.25) is 5.02 Å². The van der Waals surface area contributed by atoms with Crippen molar-refractivity contribution in [3.63, 3.8) is 0 Å². The second kappa shape index (κ2) is 5.67. The van der Waals surface area contributed by atoms with E-state index in [1.165, 1.54) is 0 Å². The third-order valence-corrected chi connectivity index (χ3v) is 3.59. The lowest BCUT2D eigenvalue weighted by molar-refractivity contribution is -0.137. The Kier molecular flexibility index (Phi) is 4.17. The molecule has 0 bridgehead atoms. The highest BCUT2D eigenvalue weighted by atomic mass is 35.5. The fraction of sp³-hybridized carbons (Fsp3) is 0.462. The van der Waals surface area contributed by atoms with Crippen LogP contribution in [0.25, 0.3) is 0 Å². The van der Waals surface area contributed by atoms with Gasteiger partial charge in [0, 0.05) is 18.0 Å². The van der Waals surface area contributed by atoms with Crippen LogP contribution in [0.3, 0.4) is 0 Å². The molecule has 0 amide bonds. The minimum Gasteiger partial charge on any atom is -0.486 e. The quantitative estimate of drug-likeness (QED) is 0.887. The Morgan fingerprint density at radius 2 is 2.21 bits per heavy atom. The molecular weight excluding hydrogens is 270 g/mol. The highest BCUT2D eigenvalue weighted by Gasteiger charge is 2.22. The van der Waals surface area contributed by atoms with Crippen LogP contribution in [-0.2, 0) is 4.79 Å². The van der Waals surface area contributed by atoms with Crippen LogP contribution in [0.5, 0.6) is 11.5 Å². The van der Waals surface area contributed by atoms with E-state index in [9.17, 15) is 4.79 Å². The summed E-state index contributed by atoms with van der Waals surface area (Å²) in [6.07, 6.45) is 0.332. The number of nitrogens with two attached hydrogens (primary N) is 1. The first kappa shape index (κ1) is 14.0. The maximum absolute atomic E-state index is 10.6. The minimum absolute atomic E-state index is 0.00495. The Balaban J connectivity index is 2.30. The fourth-order valence-corrected chi connectivity index (χ4v) is 2.34. The highest BCUT2D eigenvalue weighted by Crippen LogP contribution is 2.42. The Labute approximate surface area is 116 Å². The Hall–Kier alpha value is -1.46. The first-order chi connectivity index (χ1) is 9.00. The van der Waals surface area contributed by atoms with Crippen LogP contribution in [0.15, 0.2) is 6.07 Å². The number of ether oxygens (including phenoxy) is 2. The third-order valence-electron chi connectivity index (χ3n) is 3.09. The van der Waals surface area contributed by atoms with Crippen molar-refractivity contribution >= 4 is 17.6 Å². The van der Waals surface area contributed by atoms with Crippen LogP contribution in [0.1, 0.15) is 30.0 Å². The smallest absolute Gasteiger partial charge is 0.303 e. The molecule has 5 nitrogen and oxygen atoms in total. The number of carbonyl (C=O) groups is 1. The van der Waals surface area contributed by atoms with Gasteiger partial charge in [-0.25, -0.2) is 0 Å². The van der Waals surface area contributed by atoms with Crippen LogP contribution in [0, 0.1) is 6.92 Å². The van der Waals surface area contributed by atoms with E-state index in [4.69, 9.17) is 31.9 Å². The summed E-state index contributed by atoms with van der Waals surface area (Å²) in [5, 5.41) is 9.21. The summed E-state index contributed by atoms with van der Waals surface area (Å²) in [6, 6.07) is 1.31. The van der Waals surface area contributed by atoms with Gasteiger partial charge in [0.2, 0.25) is 0 Å². The molecule has 1 atom stereocenters. The van der Waals surface area contributed by atoms with E-state index in [1.807, 2.05) is 6.92 Å². The van der Waals surface area contributed by atoms with Gasteiger partial charge < -0.3 is 20.3 Å². The largest absolute Gasteiger partial charge is 0.486 e. The molecule has 19 heavy (non-hydrogen) atoms. The van der Waals surface area contributed by atoms with E-state index in [0.717, 1.165) is 5.56 Å². The molecule has 1 aromatic rings. The van der Waals surface area contributed by atoms with Crippen molar-refractivity contribution in [2.45, 2.75) is 25.8 Å². The molecule has 0 spiro atoms. The van der Waals surface area contributed by atoms with E-state index in [-0.39, 0.29) is 6.42 Å². The molecule has 0 fully saturated rings. The number of benzene rings is 1. The Morgan fingerprint density at radius 1 is 1.53 bits per heavy atom. The Bertz CT molecular complexity index is 504. The lowest BCUT2D eigenvalue weighted by atomic mass is 9.99. The molecule has 0 aliphatic carbocycles. The summed E-state index contributed by atoms with van der Waals surface area (Å²) in [5.74, 6) is 0.389. The third kappa shape index (κ3) is 2.93. The average molecular weight is 286 g/mol. The number of hydrogen-bond acceptors (Lipinski definition) is 4. The van der Waals surface area contributed by atoms with Gasteiger partial charge in [0.05, 0.1) is 5.02 Å². The van der Waals surface area contributed by atoms with Gasteiger partial charge >= 0.3 is 5.97 Å². The van der Waals surface area contributed by atoms with Gasteiger partial charge in [-0.1, -0.05) is 11.6 Å². The Morgan fingerprint density at radius 3 is 2.89 bits per heavy atom.